The van der Waals surface area contributed by atoms with Crippen molar-refractivity contribution in [3.8, 4) is 0 Å². The van der Waals surface area contributed by atoms with E-state index in [-0.39, 0.29) is 29.5 Å². The fourth-order valence-electron chi connectivity index (χ4n) is 1.32. The van der Waals surface area contributed by atoms with Gasteiger partial charge in [0, 0.05) is 6.07 Å². The molecule has 94 valence electrons. The Bertz CT molecular complexity index is 404. The van der Waals surface area contributed by atoms with Crippen LogP contribution in [0.5, 0.6) is 0 Å². The summed E-state index contributed by atoms with van der Waals surface area (Å²) in [5.74, 6) is 0. The predicted octanol–water partition coefficient (Wildman–Crippen LogP) is 2.45. The molecule has 0 saturated heterocycles. The molecule has 6 heteroatoms. The number of nitro groups is 1. The lowest BCUT2D eigenvalue weighted by Gasteiger charge is -2.20. The molecule has 0 aliphatic rings. The van der Waals surface area contributed by atoms with E-state index in [0.717, 1.165) is 0 Å². The Morgan fingerprint density at radius 3 is 2.59 bits per heavy atom. The maximum atomic E-state index is 13.7. The zero-order chi connectivity index (χ0) is 13.1. The lowest BCUT2D eigenvalue weighted by atomic mass is 10.1. The van der Waals surface area contributed by atoms with Crippen molar-refractivity contribution in [2.45, 2.75) is 25.9 Å². The van der Waals surface area contributed by atoms with E-state index in [1.54, 1.807) is 13.8 Å². The molecule has 0 aliphatic heterocycles. The topological polar surface area (TPSA) is 66.6 Å². The van der Waals surface area contributed by atoms with E-state index in [9.17, 15) is 19.7 Å². The summed E-state index contributed by atoms with van der Waals surface area (Å²) in [6.07, 6.45) is 0.176. The fraction of sp³-hybridized carbons (Fsp3) is 0.455. The minimum Gasteiger partial charge on any atom is -0.390 e. The third kappa shape index (κ3) is 3.99. The number of aliphatic hydroxyl groups is 1. The molecule has 0 fully saturated rings. The molecule has 0 heterocycles. The van der Waals surface area contributed by atoms with Crippen LogP contribution < -0.4 is 5.12 Å². The van der Waals surface area contributed by atoms with Gasteiger partial charge in [0.1, 0.15) is 5.69 Å². The van der Waals surface area contributed by atoms with E-state index in [4.69, 9.17) is 0 Å². The molecule has 1 rings (SSSR count). The highest BCUT2D eigenvalue weighted by Crippen LogP contribution is 2.28. The predicted molar refractivity (Wildman–Crippen MR) is 62.5 cm³/mol. The maximum absolute atomic E-state index is 13.7. The number of hydrogen-bond donors (Lipinski definition) is 1. The Morgan fingerprint density at radius 2 is 2.06 bits per heavy atom. The highest BCUT2D eigenvalue weighted by Gasteiger charge is 2.21. The summed E-state index contributed by atoms with van der Waals surface area (Å²) in [6, 6.07) is 5.58. The van der Waals surface area contributed by atoms with Crippen LogP contribution in [0.4, 0.5) is 15.9 Å². The van der Waals surface area contributed by atoms with Crippen LogP contribution in [0.15, 0.2) is 24.3 Å². The van der Waals surface area contributed by atoms with Gasteiger partial charge in [0.15, 0.2) is 0 Å². The van der Waals surface area contributed by atoms with Gasteiger partial charge in [-0.1, -0.05) is 16.6 Å². The zero-order valence-corrected chi connectivity index (χ0v) is 9.76. The Kier molecular flexibility index (Phi) is 4.01. The standard InChI is InChI=1S/C11H15FN2O3/c1-11(2,15)7-8-13(12)9-5-3-4-6-10(9)14(16)17/h3-6,15H,7-8H2,1-2H3. The molecular formula is C11H15FN2O3. The SMILES string of the molecule is CC(C)(O)CCN(F)c1ccccc1[N+](=O)[O-]. The number of anilines is 1. The van der Waals surface area contributed by atoms with Gasteiger partial charge in [0.25, 0.3) is 5.69 Å². The van der Waals surface area contributed by atoms with E-state index in [0.29, 0.717) is 0 Å². The lowest BCUT2D eigenvalue weighted by Crippen LogP contribution is -2.26. The summed E-state index contributed by atoms with van der Waals surface area (Å²) in [7, 11) is 0. The molecule has 0 saturated carbocycles. The summed E-state index contributed by atoms with van der Waals surface area (Å²) < 4.78 is 13.7. The van der Waals surface area contributed by atoms with Crippen LogP contribution >= 0.6 is 0 Å². The van der Waals surface area contributed by atoms with Crippen molar-refractivity contribution in [1.29, 1.82) is 0 Å². The Morgan fingerprint density at radius 1 is 1.47 bits per heavy atom. The second kappa shape index (κ2) is 5.09. The van der Waals surface area contributed by atoms with Gasteiger partial charge in [0.05, 0.1) is 17.1 Å². The van der Waals surface area contributed by atoms with Crippen LogP contribution in [0, 0.1) is 10.1 Å². The first-order valence-corrected chi connectivity index (χ1v) is 5.20. The van der Waals surface area contributed by atoms with E-state index in [1.165, 1.54) is 24.3 Å². The van der Waals surface area contributed by atoms with Gasteiger partial charge in [0.2, 0.25) is 0 Å². The number of nitrogens with zero attached hydrogens (tertiary/aromatic N) is 2. The highest BCUT2D eigenvalue weighted by molar-refractivity contribution is 5.61. The van der Waals surface area contributed by atoms with Gasteiger partial charge in [-0.2, -0.15) is 0 Å². The summed E-state index contributed by atoms with van der Waals surface area (Å²) in [6.45, 7) is 3.01. The second-order valence-electron chi connectivity index (χ2n) is 4.39. The zero-order valence-electron chi connectivity index (χ0n) is 9.76. The first-order chi connectivity index (χ1) is 7.81. The average Bonchev–Trinajstić information content (AvgIpc) is 2.25. The summed E-state index contributed by atoms with van der Waals surface area (Å²) in [5.41, 5.74) is -1.39. The molecule has 0 spiro atoms. The van der Waals surface area contributed by atoms with E-state index >= 15 is 0 Å². The van der Waals surface area contributed by atoms with Crippen molar-refractivity contribution in [3.05, 3.63) is 34.4 Å². The molecule has 1 N–H and O–H groups in total. The van der Waals surface area contributed by atoms with Crippen molar-refractivity contribution in [2.75, 3.05) is 11.7 Å². The Balaban J connectivity index is 2.82. The number of para-hydroxylation sites is 2. The largest absolute Gasteiger partial charge is 0.390 e. The second-order valence-corrected chi connectivity index (χ2v) is 4.39. The number of halogens is 1. The van der Waals surface area contributed by atoms with E-state index < -0.39 is 10.5 Å². The first-order valence-electron chi connectivity index (χ1n) is 5.20. The van der Waals surface area contributed by atoms with Crippen molar-refractivity contribution in [1.82, 2.24) is 0 Å². The number of benzene rings is 1. The van der Waals surface area contributed by atoms with Gasteiger partial charge in [-0.05, 0) is 26.3 Å². The molecule has 1 aromatic rings. The van der Waals surface area contributed by atoms with Crippen molar-refractivity contribution in [2.24, 2.45) is 0 Å². The van der Waals surface area contributed by atoms with Crippen LogP contribution in [-0.2, 0) is 0 Å². The van der Waals surface area contributed by atoms with Crippen molar-refractivity contribution < 1.29 is 14.5 Å². The van der Waals surface area contributed by atoms with Crippen LogP contribution in [0.3, 0.4) is 0 Å². The van der Waals surface area contributed by atoms with Gasteiger partial charge in [-0.3, -0.25) is 10.1 Å². The van der Waals surface area contributed by atoms with Crippen LogP contribution in [0.1, 0.15) is 20.3 Å². The maximum Gasteiger partial charge on any atom is 0.295 e. The van der Waals surface area contributed by atoms with Crippen LogP contribution in [-0.4, -0.2) is 22.2 Å². The van der Waals surface area contributed by atoms with Crippen molar-refractivity contribution >= 4 is 11.4 Å². The molecule has 0 atom stereocenters. The van der Waals surface area contributed by atoms with Gasteiger partial charge >= 0.3 is 0 Å². The van der Waals surface area contributed by atoms with Gasteiger partial charge < -0.3 is 5.11 Å². The average molecular weight is 242 g/mol. The molecule has 1 aromatic carbocycles. The van der Waals surface area contributed by atoms with E-state index in [2.05, 4.69) is 0 Å². The molecule has 0 unspecified atom stereocenters. The van der Waals surface area contributed by atoms with E-state index in [1.807, 2.05) is 0 Å². The highest BCUT2D eigenvalue weighted by atomic mass is 19.2. The lowest BCUT2D eigenvalue weighted by molar-refractivity contribution is -0.384. The Hall–Kier alpha value is -1.69. The smallest absolute Gasteiger partial charge is 0.295 e. The monoisotopic (exact) mass is 242 g/mol. The Labute approximate surface area is 98.6 Å². The van der Waals surface area contributed by atoms with Crippen molar-refractivity contribution in [3.63, 3.8) is 0 Å². The van der Waals surface area contributed by atoms with Gasteiger partial charge in [-0.25, -0.2) is 5.12 Å². The summed E-state index contributed by atoms with van der Waals surface area (Å²) >= 11 is 0. The van der Waals surface area contributed by atoms with Gasteiger partial charge in [-0.15, -0.1) is 0 Å². The number of nitro benzene ring substituents is 1. The fourth-order valence-corrected chi connectivity index (χ4v) is 1.32. The summed E-state index contributed by atoms with van der Waals surface area (Å²) in [5, 5.41) is 20.4. The minimum absolute atomic E-state index is 0.0956. The molecule has 0 bridgehead atoms. The van der Waals surface area contributed by atoms with Crippen LogP contribution in [0.2, 0.25) is 0 Å². The molecule has 5 nitrogen and oxygen atoms in total. The molecule has 0 aliphatic carbocycles. The minimum atomic E-state index is -1.01. The summed E-state index contributed by atoms with van der Waals surface area (Å²) in [4.78, 5) is 10.1. The third-order valence-corrected chi connectivity index (χ3v) is 2.26. The molecule has 0 aromatic heterocycles. The normalized spacial score (nSPS) is 11.3. The number of rotatable bonds is 5. The molecular weight excluding hydrogens is 227 g/mol. The molecule has 17 heavy (non-hydrogen) atoms. The van der Waals surface area contributed by atoms with Crippen LogP contribution in [0.25, 0.3) is 0 Å². The first kappa shape index (κ1) is 13.4. The molecule has 0 radical (unpaired) electrons. The number of hydrogen-bond acceptors (Lipinski definition) is 4. The third-order valence-electron chi connectivity index (χ3n) is 2.26. The molecule has 0 amide bonds. The quantitative estimate of drug-likeness (QED) is 0.489.